The molecule has 0 aromatic heterocycles. The van der Waals surface area contributed by atoms with Gasteiger partial charge in [-0.15, -0.1) is 0 Å². The summed E-state index contributed by atoms with van der Waals surface area (Å²) in [5, 5.41) is 15.9. The first kappa shape index (κ1) is 25.8. The van der Waals surface area contributed by atoms with Gasteiger partial charge in [-0.25, -0.2) is 13.6 Å². The molecule has 34 heavy (non-hydrogen) atoms. The van der Waals surface area contributed by atoms with Crippen molar-refractivity contribution in [3.05, 3.63) is 35.9 Å². The van der Waals surface area contributed by atoms with E-state index in [1.165, 1.54) is 0 Å². The van der Waals surface area contributed by atoms with Gasteiger partial charge in [-0.2, -0.15) is 0 Å². The molecule has 2 fully saturated rings. The Labute approximate surface area is 196 Å². The number of rotatable bonds is 9. The van der Waals surface area contributed by atoms with Crippen LogP contribution in [0.15, 0.2) is 30.3 Å². The molecule has 2 aliphatic rings. The molecule has 3 amide bonds. The number of alkyl carbamates (subject to hydrolysis) is 1. The number of hydrogen-bond acceptors (Lipinski definition) is 6. The van der Waals surface area contributed by atoms with Gasteiger partial charge < -0.3 is 30.1 Å². The Morgan fingerprint density at radius 3 is 2.68 bits per heavy atom. The number of hydrogen-bond donors (Lipinski definition) is 3. The zero-order valence-corrected chi connectivity index (χ0v) is 19.0. The summed E-state index contributed by atoms with van der Waals surface area (Å²) in [5.74, 6) is -5.03. The van der Waals surface area contributed by atoms with Gasteiger partial charge >= 0.3 is 6.09 Å². The minimum absolute atomic E-state index is 0.0426. The van der Waals surface area contributed by atoms with Crippen LogP contribution in [0.4, 0.5) is 13.6 Å². The van der Waals surface area contributed by atoms with Crippen molar-refractivity contribution in [2.24, 2.45) is 0 Å². The van der Waals surface area contributed by atoms with E-state index < -0.39 is 61.1 Å². The average molecular weight is 484 g/mol. The Kier molecular flexibility index (Phi) is 8.78. The highest BCUT2D eigenvalue weighted by atomic mass is 19.3. The first-order valence-corrected chi connectivity index (χ1v) is 11.4. The van der Waals surface area contributed by atoms with Crippen molar-refractivity contribution in [3.8, 4) is 0 Å². The van der Waals surface area contributed by atoms with E-state index in [1.807, 2.05) is 6.92 Å². The lowest BCUT2D eigenvalue weighted by Gasteiger charge is -2.30. The van der Waals surface area contributed by atoms with Crippen molar-refractivity contribution in [2.75, 3.05) is 26.3 Å². The van der Waals surface area contributed by atoms with Crippen molar-refractivity contribution in [1.82, 2.24) is 15.5 Å². The van der Waals surface area contributed by atoms with E-state index in [4.69, 9.17) is 9.47 Å². The van der Waals surface area contributed by atoms with Crippen molar-refractivity contribution < 1.29 is 37.7 Å². The minimum Gasteiger partial charge on any atom is -0.444 e. The van der Waals surface area contributed by atoms with Crippen molar-refractivity contribution in [3.63, 3.8) is 0 Å². The summed E-state index contributed by atoms with van der Waals surface area (Å²) in [6, 6.07) is 6.20. The van der Waals surface area contributed by atoms with Crippen LogP contribution in [0, 0.1) is 0 Å². The summed E-state index contributed by atoms with van der Waals surface area (Å²) in [4.78, 5) is 38.7. The predicted octanol–water partition coefficient (Wildman–Crippen LogP) is 1.24. The first-order chi connectivity index (χ1) is 16.2. The molecule has 0 saturated carbocycles. The van der Waals surface area contributed by atoms with Gasteiger partial charge in [0, 0.05) is 19.4 Å². The molecule has 2 aliphatic heterocycles. The Bertz CT molecular complexity index is 850. The molecule has 188 valence electrons. The summed E-state index contributed by atoms with van der Waals surface area (Å²) in [7, 11) is 0. The quantitative estimate of drug-likeness (QED) is 0.487. The summed E-state index contributed by atoms with van der Waals surface area (Å²) in [5.41, 5.74) is 0.702. The second kappa shape index (κ2) is 11.6. The molecule has 0 bridgehead atoms. The van der Waals surface area contributed by atoms with Crippen LogP contribution in [0.25, 0.3) is 0 Å². The first-order valence-electron chi connectivity index (χ1n) is 11.4. The Morgan fingerprint density at radius 1 is 1.29 bits per heavy atom. The maximum atomic E-state index is 14.2. The zero-order valence-electron chi connectivity index (χ0n) is 19.0. The Balaban J connectivity index is 1.75. The molecule has 2 heterocycles. The van der Waals surface area contributed by atoms with E-state index in [-0.39, 0.29) is 19.6 Å². The number of alkyl halides is 2. The van der Waals surface area contributed by atoms with Gasteiger partial charge in [0.15, 0.2) is 6.10 Å². The summed E-state index contributed by atoms with van der Waals surface area (Å²) in [6.07, 6.45) is -2.84. The number of carbonyl (C=O) groups excluding carboxylic acids is 3. The van der Waals surface area contributed by atoms with Crippen molar-refractivity contribution in [1.29, 1.82) is 0 Å². The fourth-order valence-corrected chi connectivity index (χ4v) is 4.04. The van der Waals surface area contributed by atoms with Crippen LogP contribution in [0.2, 0.25) is 0 Å². The molecule has 0 unspecified atom stereocenters. The number of nitrogens with one attached hydrogen (secondary N) is 2. The van der Waals surface area contributed by atoms with E-state index in [0.29, 0.717) is 29.9 Å². The SMILES string of the molecule is CCCNC(=O)[C@@H]1CC(F)(F)CN1C(=O)[C@@H](O)[C@H](Cc1ccccc1)NC(=O)O[C@H]1CCOC1. The van der Waals surface area contributed by atoms with Gasteiger partial charge in [0.05, 0.1) is 25.8 Å². The summed E-state index contributed by atoms with van der Waals surface area (Å²) in [6.45, 7) is 1.80. The number of aliphatic hydroxyl groups is 1. The van der Waals surface area contributed by atoms with Crippen LogP contribution in [0.1, 0.15) is 31.7 Å². The molecule has 2 saturated heterocycles. The molecule has 1 aromatic rings. The third-order valence-corrected chi connectivity index (χ3v) is 5.80. The van der Waals surface area contributed by atoms with Gasteiger partial charge in [0.2, 0.25) is 5.91 Å². The van der Waals surface area contributed by atoms with Crippen LogP contribution in [0.3, 0.4) is 0 Å². The fourth-order valence-electron chi connectivity index (χ4n) is 4.04. The van der Waals surface area contributed by atoms with E-state index >= 15 is 0 Å². The lowest BCUT2D eigenvalue weighted by molar-refractivity contribution is -0.147. The summed E-state index contributed by atoms with van der Waals surface area (Å²) < 4.78 is 38.8. The third-order valence-electron chi connectivity index (χ3n) is 5.80. The highest BCUT2D eigenvalue weighted by molar-refractivity contribution is 5.90. The molecule has 0 radical (unpaired) electrons. The normalized spacial score (nSPS) is 23.2. The monoisotopic (exact) mass is 483 g/mol. The Morgan fingerprint density at radius 2 is 2.03 bits per heavy atom. The number of nitrogens with zero attached hydrogens (tertiary/aromatic N) is 1. The number of amides is 3. The molecule has 3 rings (SSSR count). The lowest BCUT2D eigenvalue weighted by atomic mass is 10.00. The number of ether oxygens (including phenoxy) is 2. The molecular weight excluding hydrogens is 452 g/mol. The van der Waals surface area contributed by atoms with Crippen LogP contribution >= 0.6 is 0 Å². The molecule has 9 nitrogen and oxygen atoms in total. The topological polar surface area (TPSA) is 117 Å². The van der Waals surface area contributed by atoms with E-state index in [0.717, 1.165) is 0 Å². The molecule has 11 heteroatoms. The number of carbonyl (C=O) groups is 3. The average Bonchev–Trinajstić information content (AvgIpc) is 3.43. The number of aliphatic hydroxyl groups excluding tert-OH is 1. The number of halogens is 2. The largest absolute Gasteiger partial charge is 0.444 e. The molecule has 0 aliphatic carbocycles. The van der Waals surface area contributed by atoms with Crippen LogP contribution in [-0.2, 0) is 25.5 Å². The van der Waals surface area contributed by atoms with Gasteiger partial charge in [0.25, 0.3) is 11.8 Å². The van der Waals surface area contributed by atoms with Gasteiger partial charge in [-0.1, -0.05) is 37.3 Å². The van der Waals surface area contributed by atoms with E-state index in [1.54, 1.807) is 30.3 Å². The maximum Gasteiger partial charge on any atom is 0.407 e. The van der Waals surface area contributed by atoms with E-state index in [9.17, 15) is 28.3 Å². The van der Waals surface area contributed by atoms with Crippen LogP contribution in [-0.4, -0.2) is 84.4 Å². The van der Waals surface area contributed by atoms with Crippen molar-refractivity contribution in [2.45, 2.75) is 62.8 Å². The highest BCUT2D eigenvalue weighted by Gasteiger charge is 2.51. The van der Waals surface area contributed by atoms with Crippen LogP contribution in [0.5, 0.6) is 0 Å². The number of likely N-dealkylation sites (tertiary alicyclic amines) is 1. The zero-order chi connectivity index (χ0) is 24.7. The second-order valence-corrected chi connectivity index (χ2v) is 8.61. The highest BCUT2D eigenvalue weighted by Crippen LogP contribution is 2.33. The maximum absolute atomic E-state index is 14.2. The summed E-state index contributed by atoms with van der Waals surface area (Å²) >= 11 is 0. The van der Waals surface area contributed by atoms with Gasteiger partial charge in [0.1, 0.15) is 12.1 Å². The molecule has 1 aromatic carbocycles. The van der Waals surface area contributed by atoms with Gasteiger partial charge in [-0.3, -0.25) is 9.59 Å². The molecular formula is C23H31F2N3O6. The second-order valence-electron chi connectivity index (χ2n) is 8.61. The molecule has 3 N–H and O–H groups in total. The van der Waals surface area contributed by atoms with Crippen molar-refractivity contribution >= 4 is 17.9 Å². The third kappa shape index (κ3) is 6.86. The van der Waals surface area contributed by atoms with E-state index in [2.05, 4.69) is 10.6 Å². The standard InChI is InChI=1S/C23H31F2N3O6/c1-2-9-26-20(30)18-12-23(24,25)14-28(18)21(31)19(29)17(11-15-6-4-3-5-7-15)27-22(32)34-16-8-10-33-13-16/h3-7,16-19,29H,2,8-14H2,1H3,(H,26,30)(H,27,32)/t16-,17-,18-,19-/m0/s1. The fraction of sp³-hybridized carbons (Fsp3) is 0.609. The molecule has 4 atom stereocenters. The van der Waals surface area contributed by atoms with Gasteiger partial charge in [-0.05, 0) is 18.4 Å². The predicted molar refractivity (Wildman–Crippen MR) is 117 cm³/mol. The minimum atomic E-state index is -3.27. The lowest BCUT2D eigenvalue weighted by Crippen LogP contribution is -2.56. The number of benzene rings is 1. The molecule has 0 spiro atoms. The smallest absolute Gasteiger partial charge is 0.407 e. The van der Waals surface area contributed by atoms with Crippen LogP contribution < -0.4 is 10.6 Å². The Hall–Kier alpha value is -2.79.